The van der Waals surface area contributed by atoms with Gasteiger partial charge in [0.2, 0.25) is 5.91 Å². The molecule has 0 aliphatic carbocycles. The first-order valence-corrected chi connectivity index (χ1v) is 6.71. The Morgan fingerprint density at radius 1 is 1.22 bits per heavy atom. The molecule has 2 heterocycles. The number of benzene rings is 1. The standard InChI is InChI=1S/C13H12BrN3O/c14-10-8-13(18)16(9-10)11-4-1-2-5-12(11)17-7-3-6-15-17/h1-7,10H,8-9H2. The smallest absolute Gasteiger partial charge is 0.228 e. The zero-order valence-electron chi connectivity index (χ0n) is 9.66. The van der Waals surface area contributed by atoms with Crippen LogP contribution in [0.1, 0.15) is 6.42 Å². The monoisotopic (exact) mass is 305 g/mol. The second kappa shape index (κ2) is 4.57. The Hall–Kier alpha value is -1.62. The van der Waals surface area contributed by atoms with E-state index in [4.69, 9.17) is 0 Å². The van der Waals surface area contributed by atoms with Gasteiger partial charge in [-0.1, -0.05) is 28.1 Å². The molecule has 1 aliphatic heterocycles. The third kappa shape index (κ3) is 1.95. The number of halogens is 1. The molecular weight excluding hydrogens is 294 g/mol. The molecule has 4 nitrogen and oxygen atoms in total. The predicted molar refractivity (Wildman–Crippen MR) is 73.2 cm³/mol. The number of carbonyl (C=O) groups is 1. The van der Waals surface area contributed by atoms with Gasteiger partial charge in [-0.2, -0.15) is 5.10 Å². The lowest BCUT2D eigenvalue weighted by atomic mass is 10.2. The summed E-state index contributed by atoms with van der Waals surface area (Å²) < 4.78 is 1.78. The maximum atomic E-state index is 12.0. The van der Waals surface area contributed by atoms with Gasteiger partial charge in [0.1, 0.15) is 0 Å². The fourth-order valence-electron chi connectivity index (χ4n) is 2.19. The van der Waals surface area contributed by atoms with Gasteiger partial charge >= 0.3 is 0 Å². The fraction of sp³-hybridized carbons (Fsp3) is 0.231. The highest BCUT2D eigenvalue weighted by Gasteiger charge is 2.30. The van der Waals surface area contributed by atoms with Gasteiger partial charge in [0.05, 0.1) is 11.4 Å². The summed E-state index contributed by atoms with van der Waals surface area (Å²) in [6, 6.07) is 9.69. The molecule has 1 amide bonds. The van der Waals surface area contributed by atoms with Crippen LogP contribution in [0.25, 0.3) is 5.69 Å². The van der Waals surface area contributed by atoms with Crippen molar-refractivity contribution in [3.63, 3.8) is 0 Å². The van der Waals surface area contributed by atoms with Crippen LogP contribution < -0.4 is 4.90 Å². The van der Waals surface area contributed by atoms with E-state index in [1.165, 1.54) is 0 Å². The zero-order chi connectivity index (χ0) is 12.5. The molecule has 0 N–H and O–H groups in total. The van der Waals surface area contributed by atoms with Crippen molar-refractivity contribution in [2.45, 2.75) is 11.2 Å². The summed E-state index contributed by atoms with van der Waals surface area (Å²) in [7, 11) is 0. The predicted octanol–water partition coefficient (Wildman–Crippen LogP) is 2.37. The molecule has 1 atom stereocenters. The minimum Gasteiger partial charge on any atom is -0.309 e. The average molecular weight is 306 g/mol. The van der Waals surface area contributed by atoms with Crippen LogP contribution in [0.15, 0.2) is 42.7 Å². The molecule has 2 aromatic rings. The molecule has 0 bridgehead atoms. The highest BCUT2D eigenvalue weighted by molar-refractivity contribution is 9.09. The highest BCUT2D eigenvalue weighted by atomic mass is 79.9. The second-order valence-electron chi connectivity index (χ2n) is 4.25. The van der Waals surface area contributed by atoms with Crippen LogP contribution in [-0.4, -0.2) is 27.1 Å². The van der Waals surface area contributed by atoms with Crippen molar-refractivity contribution in [1.82, 2.24) is 9.78 Å². The number of nitrogens with zero attached hydrogens (tertiary/aromatic N) is 3. The number of alkyl halides is 1. The van der Waals surface area contributed by atoms with E-state index in [2.05, 4.69) is 21.0 Å². The largest absolute Gasteiger partial charge is 0.309 e. The van der Waals surface area contributed by atoms with E-state index in [9.17, 15) is 4.79 Å². The molecule has 3 rings (SSSR count). The molecule has 1 aromatic carbocycles. The van der Waals surface area contributed by atoms with Crippen LogP contribution in [0.3, 0.4) is 0 Å². The summed E-state index contributed by atoms with van der Waals surface area (Å²) in [4.78, 5) is 14.0. The zero-order valence-corrected chi connectivity index (χ0v) is 11.2. The van der Waals surface area contributed by atoms with Crippen LogP contribution in [0.5, 0.6) is 0 Å². The summed E-state index contributed by atoms with van der Waals surface area (Å²) in [5.41, 5.74) is 1.84. The van der Waals surface area contributed by atoms with Crippen LogP contribution in [0.4, 0.5) is 5.69 Å². The number of hydrogen-bond acceptors (Lipinski definition) is 2. The van der Waals surface area contributed by atoms with Crippen LogP contribution >= 0.6 is 15.9 Å². The number of carbonyl (C=O) groups excluding carboxylic acids is 1. The minimum absolute atomic E-state index is 0.150. The summed E-state index contributed by atoms with van der Waals surface area (Å²) >= 11 is 3.50. The van der Waals surface area contributed by atoms with E-state index in [1.54, 1.807) is 10.9 Å². The lowest BCUT2D eigenvalue weighted by Crippen LogP contribution is -2.25. The first-order chi connectivity index (χ1) is 8.75. The number of aromatic nitrogens is 2. The summed E-state index contributed by atoms with van der Waals surface area (Å²) in [5.74, 6) is 0.150. The molecule has 1 aromatic heterocycles. The Morgan fingerprint density at radius 2 is 2.00 bits per heavy atom. The van der Waals surface area contributed by atoms with Gasteiger partial charge in [-0.3, -0.25) is 4.79 Å². The van der Waals surface area contributed by atoms with Crippen molar-refractivity contribution in [1.29, 1.82) is 0 Å². The lowest BCUT2D eigenvalue weighted by molar-refractivity contribution is -0.117. The molecule has 92 valence electrons. The third-order valence-corrected chi connectivity index (χ3v) is 3.61. The Bertz CT molecular complexity index is 567. The molecule has 1 aliphatic rings. The fourth-order valence-corrected chi connectivity index (χ4v) is 2.76. The van der Waals surface area contributed by atoms with Crippen molar-refractivity contribution in [3.05, 3.63) is 42.7 Å². The highest BCUT2D eigenvalue weighted by Crippen LogP contribution is 2.29. The van der Waals surface area contributed by atoms with Crippen molar-refractivity contribution in [3.8, 4) is 5.69 Å². The van der Waals surface area contributed by atoms with E-state index < -0.39 is 0 Å². The van der Waals surface area contributed by atoms with E-state index >= 15 is 0 Å². The van der Waals surface area contributed by atoms with E-state index in [1.807, 2.05) is 41.4 Å². The van der Waals surface area contributed by atoms with Crippen molar-refractivity contribution >= 4 is 27.5 Å². The number of amides is 1. The topological polar surface area (TPSA) is 38.1 Å². The molecule has 1 unspecified atom stereocenters. The molecule has 0 saturated carbocycles. The van der Waals surface area contributed by atoms with Crippen molar-refractivity contribution in [2.24, 2.45) is 0 Å². The number of para-hydroxylation sites is 2. The summed E-state index contributed by atoms with van der Waals surface area (Å²) in [6.07, 6.45) is 4.16. The van der Waals surface area contributed by atoms with E-state index in [-0.39, 0.29) is 10.7 Å². The van der Waals surface area contributed by atoms with E-state index in [0.29, 0.717) is 13.0 Å². The number of hydrogen-bond donors (Lipinski definition) is 0. The van der Waals surface area contributed by atoms with Gasteiger partial charge in [-0.15, -0.1) is 0 Å². The van der Waals surface area contributed by atoms with Gasteiger partial charge in [0.15, 0.2) is 0 Å². The SMILES string of the molecule is O=C1CC(Br)CN1c1ccccc1-n1cccn1. The first-order valence-electron chi connectivity index (χ1n) is 5.79. The average Bonchev–Trinajstić information content (AvgIpc) is 2.99. The number of anilines is 1. The summed E-state index contributed by atoms with van der Waals surface area (Å²) in [5, 5.41) is 4.23. The van der Waals surface area contributed by atoms with Crippen LogP contribution in [-0.2, 0) is 4.79 Å². The van der Waals surface area contributed by atoms with Gasteiger partial charge < -0.3 is 4.90 Å². The van der Waals surface area contributed by atoms with Crippen LogP contribution in [0, 0.1) is 0 Å². The first kappa shape index (κ1) is 11.5. The van der Waals surface area contributed by atoms with Crippen molar-refractivity contribution in [2.75, 3.05) is 11.4 Å². The maximum absolute atomic E-state index is 12.0. The molecule has 0 radical (unpaired) electrons. The molecule has 0 spiro atoms. The summed E-state index contributed by atoms with van der Waals surface area (Å²) in [6.45, 7) is 0.705. The van der Waals surface area contributed by atoms with E-state index in [0.717, 1.165) is 11.4 Å². The maximum Gasteiger partial charge on any atom is 0.228 e. The third-order valence-electron chi connectivity index (χ3n) is 3.00. The van der Waals surface area contributed by atoms with Gasteiger partial charge in [-0.25, -0.2) is 4.68 Å². The Balaban J connectivity index is 2.05. The van der Waals surface area contributed by atoms with Gasteiger partial charge in [-0.05, 0) is 18.2 Å². The Kier molecular flexibility index (Phi) is 2.91. The molecule has 5 heteroatoms. The van der Waals surface area contributed by atoms with Crippen LogP contribution in [0.2, 0.25) is 0 Å². The Labute approximate surface area is 113 Å². The molecule has 18 heavy (non-hydrogen) atoms. The second-order valence-corrected chi connectivity index (χ2v) is 5.54. The normalized spacial score (nSPS) is 19.5. The van der Waals surface area contributed by atoms with Crippen molar-refractivity contribution < 1.29 is 4.79 Å². The minimum atomic E-state index is 0.150. The Morgan fingerprint density at radius 3 is 2.61 bits per heavy atom. The molecule has 1 saturated heterocycles. The van der Waals surface area contributed by atoms with Gasteiger partial charge in [0.25, 0.3) is 0 Å². The number of rotatable bonds is 2. The van der Waals surface area contributed by atoms with Gasteiger partial charge in [0, 0.05) is 30.2 Å². The lowest BCUT2D eigenvalue weighted by Gasteiger charge is -2.19. The molecular formula is C13H12BrN3O. The molecule has 1 fully saturated rings. The quantitative estimate of drug-likeness (QED) is 0.799.